The first-order valence-electron chi connectivity index (χ1n) is 8.09. The molecule has 2 fully saturated rings. The second-order valence-electron chi connectivity index (χ2n) is 5.80. The van der Waals surface area contributed by atoms with Gasteiger partial charge in [-0.25, -0.2) is 4.99 Å². The lowest BCUT2D eigenvalue weighted by molar-refractivity contribution is -0.128. The minimum Gasteiger partial charge on any atom is -0.357 e. The van der Waals surface area contributed by atoms with Gasteiger partial charge in [-0.1, -0.05) is 12.8 Å². The lowest BCUT2D eigenvalue weighted by Crippen LogP contribution is -2.39. The minimum absolute atomic E-state index is 0. The number of rotatable bonds is 7. The van der Waals surface area contributed by atoms with Crippen molar-refractivity contribution < 1.29 is 4.79 Å². The van der Waals surface area contributed by atoms with E-state index >= 15 is 0 Å². The molecular weight excluding hydrogens is 379 g/mol. The highest BCUT2D eigenvalue weighted by Gasteiger charge is 2.20. The van der Waals surface area contributed by atoms with Crippen molar-refractivity contribution >= 4 is 35.8 Å². The summed E-state index contributed by atoms with van der Waals surface area (Å²) in [6.45, 7) is 5.88. The van der Waals surface area contributed by atoms with Crippen molar-refractivity contribution in [2.45, 2.75) is 45.4 Å². The molecule has 2 rings (SSSR count). The Bertz CT molecular complexity index is 339. The van der Waals surface area contributed by atoms with E-state index in [2.05, 4.69) is 15.6 Å². The highest BCUT2D eigenvalue weighted by molar-refractivity contribution is 14.0. The Hall–Kier alpha value is -0.530. The summed E-state index contributed by atoms with van der Waals surface area (Å²) in [6.07, 6.45) is 7.61. The molecule has 1 saturated heterocycles. The van der Waals surface area contributed by atoms with Gasteiger partial charge in [0.25, 0.3) is 0 Å². The molecule has 0 atom stereocenters. The Kier molecular flexibility index (Phi) is 9.03. The molecule has 0 aromatic rings. The van der Waals surface area contributed by atoms with Gasteiger partial charge in [-0.3, -0.25) is 4.79 Å². The molecule has 0 radical (unpaired) electrons. The van der Waals surface area contributed by atoms with Gasteiger partial charge in [0.05, 0.1) is 0 Å². The number of aliphatic imine (C=N–C) groups is 1. The van der Waals surface area contributed by atoms with Crippen LogP contribution in [-0.4, -0.2) is 49.5 Å². The molecule has 0 bridgehead atoms. The van der Waals surface area contributed by atoms with Gasteiger partial charge in [-0.15, -0.1) is 24.0 Å². The summed E-state index contributed by atoms with van der Waals surface area (Å²) >= 11 is 0. The van der Waals surface area contributed by atoms with Crippen molar-refractivity contribution in [1.82, 2.24) is 15.5 Å². The fourth-order valence-electron chi connectivity index (χ4n) is 2.56. The largest absolute Gasteiger partial charge is 0.357 e. The van der Waals surface area contributed by atoms with E-state index in [0.717, 1.165) is 50.9 Å². The van der Waals surface area contributed by atoms with Crippen LogP contribution in [0.3, 0.4) is 0 Å². The number of hydrogen-bond donors (Lipinski definition) is 2. The van der Waals surface area contributed by atoms with Crippen molar-refractivity contribution in [3.8, 4) is 0 Å². The number of nitrogens with zero attached hydrogens (tertiary/aromatic N) is 2. The second kappa shape index (κ2) is 10.2. The summed E-state index contributed by atoms with van der Waals surface area (Å²) in [5.41, 5.74) is 0. The van der Waals surface area contributed by atoms with Crippen molar-refractivity contribution in [2.24, 2.45) is 10.9 Å². The first kappa shape index (κ1) is 18.5. The molecule has 0 aromatic heterocycles. The Balaban J connectivity index is 0.00000220. The number of carbonyl (C=O) groups excluding carboxylic acids is 1. The summed E-state index contributed by atoms with van der Waals surface area (Å²) in [5.74, 6) is 1.90. The molecule has 1 amide bonds. The summed E-state index contributed by atoms with van der Waals surface area (Å²) < 4.78 is 0. The molecule has 6 heteroatoms. The van der Waals surface area contributed by atoms with Crippen LogP contribution in [0.25, 0.3) is 0 Å². The van der Waals surface area contributed by atoms with E-state index in [4.69, 9.17) is 0 Å². The lowest BCUT2D eigenvalue weighted by atomic mass is 10.2. The molecule has 2 aliphatic rings. The molecule has 2 N–H and O–H groups in total. The fourth-order valence-corrected chi connectivity index (χ4v) is 2.56. The average Bonchev–Trinajstić information content (AvgIpc) is 3.11. The first-order chi connectivity index (χ1) is 9.79. The van der Waals surface area contributed by atoms with Crippen molar-refractivity contribution in [2.75, 3.05) is 32.7 Å². The van der Waals surface area contributed by atoms with E-state index in [0.29, 0.717) is 0 Å². The van der Waals surface area contributed by atoms with Crippen LogP contribution < -0.4 is 10.6 Å². The van der Waals surface area contributed by atoms with E-state index in [1.807, 2.05) is 11.8 Å². The molecule has 0 aromatic carbocycles. The summed E-state index contributed by atoms with van der Waals surface area (Å²) in [7, 11) is 0. The predicted octanol–water partition coefficient (Wildman–Crippen LogP) is 1.97. The van der Waals surface area contributed by atoms with Crippen LogP contribution in [0.15, 0.2) is 4.99 Å². The summed E-state index contributed by atoms with van der Waals surface area (Å²) in [6, 6.07) is 0. The van der Waals surface area contributed by atoms with E-state index in [9.17, 15) is 4.79 Å². The van der Waals surface area contributed by atoms with E-state index in [1.165, 1.54) is 25.7 Å². The third-order valence-electron chi connectivity index (χ3n) is 3.95. The van der Waals surface area contributed by atoms with Crippen LogP contribution >= 0.6 is 24.0 Å². The van der Waals surface area contributed by atoms with Gasteiger partial charge in [0.2, 0.25) is 5.91 Å². The first-order valence-corrected chi connectivity index (χ1v) is 8.09. The van der Waals surface area contributed by atoms with Gasteiger partial charge in [-0.2, -0.15) is 0 Å². The van der Waals surface area contributed by atoms with Crippen LogP contribution in [-0.2, 0) is 4.79 Å². The summed E-state index contributed by atoms with van der Waals surface area (Å²) in [4.78, 5) is 18.3. The maximum atomic E-state index is 11.9. The number of carbonyl (C=O) groups is 1. The molecule has 1 saturated carbocycles. The highest BCUT2D eigenvalue weighted by atomic mass is 127. The normalized spacial score (nSPS) is 18.3. The van der Waals surface area contributed by atoms with Crippen molar-refractivity contribution in [1.29, 1.82) is 0 Å². The van der Waals surface area contributed by atoms with Crippen molar-refractivity contribution in [3.63, 3.8) is 0 Å². The van der Waals surface area contributed by atoms with Crippen LogP contribution in [0.1, 0.15) is 45.4 Å². The Labute approximate surface area is 145 Å². The third kappa shape index (κ3) is 7.33. The molecule has 0 unspecified atom stereocenters. The minimum atomic E-state index is 0. The zero-order valence-electron chi connectivity index (χ0n) is 13.1. The van der Waals surface area contributed by atoms with E-state index in [-0.39, 0.29) is 36.4 Å². The van der Waals surface area contributed by atoms with Gasteiger partial charge in [0.1, 0.15) is 6.54 Å². The fraction of sp³-hybridized carbons (Fsp3) is 0.867. The molecular formula is C15H29IN4O. The monoisotopic (exact) mass is 408 g/mol. The number of hydrogen-bond acceptors (Lipinski definition) is 2. The van der Waals surface area contributed by atoms with Gasteiger partial charge >= 0.3 is 0 Å². The Morgan fingerprint density at radius 1 is 1.24 bits per heavy atom. The molecule has 122 valence electrons. The van der Waals surface area contributed by atoms with Gasteiger partial charge in [0.15, 0.2) is 5.96 Å². The van der Waals surface area contributed by atoms with Crippen LogP contribution in [0, 0.1) is 5.92 Å². The number of guanidine groups is 1. The molecule has 0 spiro atoms. The molecule has 21 heavy (non-hydrogen) atoms. The molecule has 5 nitrogen and oxygen atoms in total. The Morgan fingerprint density at radius 3 is 2.57 bits per heavy atom. The average molecular weight is 408 g/mol. The van der Waals surface area contributed by atoms with E-state index < -0.39 is 0 Å². The quantitative estimate of drug-likeness (QED) is 0.293. The predicted molar refractivity (Wildman–Crippen MR) is 97.2 cm³/mol. The Morgan fingerprint density at radius 2 is 1.95 bits per heavy atom. The number of likely N-dealkylation sites (tertiary alicyclic amines) is 1. The zero-order valence-corrected chi connectivity index (χ0v) is 15.4. The zero-order chi connectivity index (χ0) is 14.2. The maximum absolute atomic E-state index is 11.9. The lowest BCUT2D eigenvalue weighted by Gasteiger charge is -2.15. The van der Waals surface area contributed by atoms with Gasteiger partial charge < -0.3 is 15.5 Å². The third-order valence-corrected chi connectivity index (χ3v) is 3.95. The topological polar surface area (TPSA) is 56.7 Å². The molecule has 1 heterocycles. The number of amides is 1. The summed E-state index contributed by atoms with van der Waals surface area (Å²) in [5, 5.41) is 6.52. The molecule has 1 aliphatic carbocycles. The second-order valence-corrected chi connectivity index (χ2v) is 5.80. The molecule has 1 aliphatic heterocycles. The highest BCUT2D eigenvalue weighted by Crippen LogP contribution is 2.33. The van der Waals surface area contributed by atoms with Crippen LogP contribution in [0.5, 0.6) is 0 Å². The maximum Gasteiger partial charge on any atom is 0.244 e. The van der Waals surface area contributed by atoms with Gasteiger partial charge in [-0.05, 0) is 38.5 Å². The van der Waals surface area contributed by atoms with E-state index in [1.54, 1.807) is 0 Å². The SMILES string of the molecule is CCNC(=NCC(=O)N1CCCC1)NCCCC1CC1.I. The van der Waals surface area contributed by atoms with Gasteiger partial charge in [0, 0.05) is 26.2 Å². The smallest absolute Gasteiger partial charge is 0.244 e. The van der Waals surface area contributed by atoms with Crippen LogP contribution in [0.4, 0.5) is 0 Å². The number of halogens is 1. The standard InChI is InChI=1S/C15H28N4O.HI/c1-2-16-15(17-9-5-6-13-7-8-13)18-12-14(20)19-10-3-4-11-19;/h13H,2-12H2,1H3,(H2,16,17,18);1H. The van der Waals surface area contributed by atoms with Crippen LogP contribution in [0.2, 0.25) is 0 Å². The number of nitrogens with one attached hydrogen (secondary N) is 2. The van der Waals surface area contributed by atoms with Crippen molar-refractivity contribution in [3.05, 3.63) is 0 Å².